The highest BCUT2D eigenvalue weighted by atomic mass is 16.2. The first-order chi connectivity index (χ1) is 6.86. The molecule has 0 aliphatic carbocycles. The lowest BCUT2D eigenvalue weighted by Gasteiger charge is -1.80. The van der Waals surface area contributed by atoms with Gasteiger partial charge in [-0.3, -0.25) is 9.59 Å². The van der Waals surface area contributed by atoms with Crippen LogP contribution in [0.2, 0.25) is 0 Å². The highest BCUT2D eigenvalue weighted by Gasteiger charge is 1.81. The number of nitrogens with two attached hydrogens (primary N) is 4. The zero-order valence-corrected chi connectivity index (χ0v) is 8.05. The average molecular weight is 214 g/mol. The Labute approximate surface area is 86.8 Å². The lowest BCUT2D eigenvalue weighted by Crippen LogP contribution is -2.18. The predicted molar refractivity (Wildman–Crippen MR) is 55.1 cm³/mol. The van der Waals surface area contributed by atoms with E-state index >= 15 is 0 Å². The lowest BCUT2D eigenvalue weighted by atomic mass is 10.3. The van der Waals surface area contributed by atoms with E-state index in [1.54, 1.807) is 12.2 Å². The Balaban J connectivity index is 0. The molecule has 0 saturated carbocycles. The Morgan fingerprint density at radius 2 is 1.07 bits per heavy atom. The molecule has 0 fully saturated rings. The molecule has 7 heteroatoms. The van der Waals surface area contributed by atoms with Gasteiger partial charge < -0.3 is 22.9 Å². The summed E-state index contributed by atoms with van der Waals surface area (Å²) in [6, 6.07) is -0.833. The fourth-order valence-corrected chi connectivity index (χ4v) is 0.447. The minimum atomic E-state index is -0.833. The fraction of sp³-hybridized carbons (Fsp3) is 0.125. The van der Waals surface area contributed by atoms with Gasteiger partial charge in [-0.1, -0.05) is 12.2 Å². The number of rotatable bonds is 4. The van der Waals surface area contributed by atoms with Crippen LogP contribution in [-0.2, 0) is 9.59 Å². The Hall–Kier alpha value is -2.31. The molecule has 0 radical (unpaired) electrons. The molecule has 0 aromatic rings. The highest BCUT2D eigenvalue weighted by Crippen LogP contribution is 1.84. The zero-order chi connectivity index (χ0) is 12.3. The van der Waals surface area contributed by atoms with Gasteiger partial charge in [0.15, 0.2) is 0 Å². The molecule has 0 aliphatic heterocycles. The molecule has 0 spiro atoms. The van der Waals surface area contributed by atoms with Gasteiger partial charge >= 0.3 is 6.03 Å². The van der Waals surface area contributed by atoms with Crippen molar-refractivity contribution in [3.63, 3.8) is 0 Å². The molecule has 7 nitrogen and oxygen atoms in total. The van der Waals surface area contributed by atoms with Gasteiger partial charge in [-0.2, -0.15) is 0 Å². The van der Waals surface area contributed by atoms with Crippen LogP contribution in [0.5, 0.6) is 0 Å². The van der Waals surface area contributed by atoms with Crippen molar-refractivity contribution in [2.75, 3.05) is 0 Å². The molecule has 0 unspecified atom stereocenters. The molecule has 0 bridgehead atoms. The summed E-state index contributed by atoms with van der Waals surface area (Å²) in [4.78, 5) is 29.2. The van der Waals surface area contributed by atoms with Crippen LogP contribution < -0.4 is 22.9 Å². The van der Waals surface area contributed by atoms with Crippen molar-refractivity contribution in [1.82, 2.24) is 0 Å². The normalized spacial score (nSPS) is 9.60. The van der Waals surface area contributed by atoms with Crippen molar-refractivity contribution in [2.45, 2.75) is 6.42 Å². The zero-order valence-electron chi connectivity index (χ0n) is 8.05. The quantitative estimate of drug-likeness (QED) is 0.420. The van der Waals surface area contributed by atoms with Crippen molar-refractivity contribution < 1.29 is 14.4 Å². The number of carbonyl (C=O) groups is 3. The van der Waals surface area contributed by atoms with Crippen molar-refractivity contribution in [1.29, 1.82) is 0 Å². The van der Waals surface area contributed by atoms with Crippen LogP contribution in [0.1, 0.15) is 6.42 Å². The van der Waals surface area contributed by atoms with E-state index in [1.165, 1.54) is 12.2 Å². The number of hydrogen-bond acceptors (Lipinski definition) is 3. The van der Waals surface area contributed by atoms with Crippen molar-refractivity contribution in [3.05, 3.63) is 24.3 Å². The van der Waals surface area contributed by atoms with E-state index in [2.05, 4.69) is 11.5 Å². The summed E-state index contributed by atoms with van der Waals surface area (Å²) < 4.78 is 0. The van der Waals surface area contributed by atoms with E-state index < -0.39 is 17.8 Å². The third-order valence-corrected chi connectivity index (χ3v) is 0.836. The lowest BCUT2D eigenvalue weighted by molar-refractivity contribution is -0.114. The van der Waals surface area contributed by atoms with E-state index in [1.807, 2.05) is 0 Å². The minimum Gasteiger partial charge on any atom is -0.366 e. The Morgan fingerprint density at radius 1 is 0.800 bits per heavy atom. The second kappa shape index (κ2) is 9.78. The van der Waals surface area contributed by atoms with Gasteiger partial charge in [0.1, 0.15) is 0 Å². The van der Waals surface area contributed by atoms with Crippen LogP contribution in [0.4, 0.5) is 4.79 Å². The first kappa shape index (κ1) is 15.2. The second-order valence-electron chi connectivity index (χ2n) is 2.25. The molecule has 0 aromatic heterocycles. The first-order valence-corrected chi connectivity index (χ1v) is 3.83. The number of allylic oxidation sites excluding steroid dienone is 2. The van der Waals surface area contributed by atoms with Gasteiger partial charge in [0.05, 0.1) is 0 Å². The standard InChI is InChI=1S/C7H10N2O2.CH4N2O/c8-6(10)4-2-1-3-5-7(9)11;2-1(3)4/h2-5H,1H2,(H2,8,10)(H2,9,11);(H4,2,3,4). The number of urea groups is 1. The maximum absolute atomic E-state index is 10.1. The van der Waals surface area contributed by atoms with Crippen LogP contribution >= 0.6 is 0 Å². The number of amides is 4. The molecule has 0 aliphatic rings. The maximum atomic E-state index is 10.1. The average Bonchev–Trinajstić information content (AvgIpc) is 2.01. The summed E-state index contributed by atoms with van der Waals surface area (Å²) in [5.74, 6) is -1.00. The molecular weight excluding hydrogens is 200 g/mol. The van der Waals surface area contributed by atoms with Gasteiger partial charge in [0.25, 0.3) is 0 Å². The molecule has 0 heterocycles. The van der Waals surface area contributed by atoms with Crippen LogP contribution in [0.3, 0.4) is 0 Å². The first-order valence-electron chi connectivity index (χ1n) is 3.83. The maximum Gasteiger partial charge on any atom is 0.309 e. The fourth-order valence-electron chi connectivity index (χ4n) is 0.447. The Kier molecular flexibility index (Phi) is 9.89. The molecule has 0 atom stereocenters. The van der Waals surface area contributed by atoms with Gasteiger partial charge in [0.2, 0.25) is 11.8 Å². The summed E-state index contributed by atoms with van der Waals surface area (Å²) in [7, 11) is 0. The summed E-state index contributed by atoms with van der Waals surface area (Å²) >= 11 is 0. The summed E-state index contributed by atoms with van der Waals surface area (Å²) in [6.07, 6.45) is 6.02. The van der Waals surface area contributed by atoms with Crippen LogP contribution in [0.25, 0.3) is 0 Å². The van der Waals surface area contributed by atoms with E-state index in [0.717, 1.165) is 0 Å². The molecule has 84 valence electrons. The third kappa shape index (κ3) is 33.9. The summed E-state index contributed by atoms with van der Waals surface area (Å²) in [5, 5.41) is 0. The van der Waals surface area contributed by atoms with Gasteiger partial charge in [-0.25, -0.2) is 4.79 Å². The van der Waals surface area contributed by atoms with Crippen molar-refractivity contribution >= 4 is 17.8 Å². The van der Waals surface area contributed by atoms with Crippen molar-refractivity contribution in [3.8, 4) is 0 Å². The monoisotopic (exact) mass is 214 g/mol. The van der Waals surface area contributed by atoms with Crippen LogP contribution in [0.15, 0.2) is 24.3 Å². The number of primary amides is 4. The smallest absolute Gasteiger partial charge is 0.309 e. The summed E-state index contributed by atoms with van der Waals surface area (Å²) in [6.45, 7) is 0. The largest absolute Gasteiger partial charge is 0.366 e. The molecule has 8 N–H and O–H groups in total. The molecule has 0 saturated heterocycles. The predicted octanol–water partition coefficient (Wildman–Crippen LogP) is -1.52. The summed E-state index contributed by atoms with van der Waals surface area (Å²) in [5.41, 5.74) is 18.1. The SMILES string of the molecule is NC(=O)C=CCC=CC(N)=O.NC(N)=O. The third-order valence-electron chi connectivity index (χ3n) is 0.836. The molecule has 15 heavy (non-hydrogen) atoms. The van der Waals surface area contributed by atoms with Crippen molar-refractivity contribution in [2.24, 2.45) is 22.9 Å². The molecule has 0 aromatic carbocycles. The Bertz CT molecular complexity index is 258. The van der Waals surface area contributed by atoms with Gasteiger partial charge in [-0.05, 0) is 18.6 Å². The molecular formula is C8H14N4O3. The van der Waals surface area contributed by atoms with Crippen LogP contribution in [0, 0.1) is 0 Å². The second-order valence-corrected chi connectivity index (χ2v) is 2.25. The van der Waals surface area contributed by atoms with E-state index in [9.17, 15) is 9.59 Å². The molecule has 0 rings (SSSR count). The van der Waals surface area contributed by atoms with Crippen LogP contribution in [-0.4, -0.2) is 17.8 Å². The van der Waals surface area contributed by atoms with Gasteiger partial charge in [0, 0.05) is 0 Å². The Morgan fingerprint density at radius 3 is 1.27 bits per heavy atom. The van der Waals surface area contributed by atoms with E-state index in [-0.39, 0.29) is 0 Å². The number of carbonyl (C=O) groups excluding carboxylic acids is 3. The highest BCUT2D eigenvalue weighted by molar-refractivity contribution is 5.86. The molecule has 4 amide bonds. The minimum absolute atomic E-state index is 0.478. The topological polar surface area (TPSA) is 155 Å². The van der Waals surface area contributed by atoms with E-state index in [4.69, 9.17) is 16.3 Å². The van der Waals surface area contributed by atoms with Gasteiger partial charge in [-0.15, -0.1) is 0 Å². The van der Waals surface area contributed by atoms with E-state index in [0.29, 0.717) is 6.42 Å². The number of hydrogen-bond donors (Lipinski definition) is 4.